The van der Waals surface area contributed by atoms with Crippen molar-refractivity contribution in [1.82, 2.24) is 4.98 Å². The van der Waals surface area contributed by atoms with Crippen molar-refractivity contribution in [2.45, 2.75) is 18.6 Å². The quantitative estimate of drug-likeness (QED) is 0.792. The first-order valence-corrected chi connectivity index (χ1v) is 5.21. The Balaban J connectivity index is 2.07. The van der Waals surface area contributed by atoms with E-state index >= 15 is 0 Å². The van der Waals surface area contributed by atoms with E-state index in [1.807, 2.05) is 18.3 Å². The fourth-order valence-electron chi connectivity index (χ4n) is 1.87. The molecular weight excluding hydrogens is 192 g/mol. The van der Waals surface area contributed by atoms with E-state index in [2.05, 4.69) is 4.98 Å². The van der Waals surface area contributed by atoms with Gasteiger partial charge in [0.05, 0.1) is 13.2 Å². The standard InChI is InChI=1S/C11H16N2O2/c12-4-3-11(14-6-7-15-11)8-10-2-1-5-13-9-10/h1-2,5,9H,3-4,6-8,12H2. The number of nitrogens with zero attached hydrogens (tertiary/aromatic N) is 1. The number of hydrogen-bond acceptors (Lipinski definition) is 4. The molecule has 0 amide bonds. The number of aromatic nitrogens is 1. The predicted molar refractivity (Wildman–Crippen MR) is 56.2 cm³/mol. The van der Waals surface area contributed by atoms with Crippen molar-refractivity contribution in [3.05, 3.63) is 30.1 Å². The number of rotatable bonds is 4. The Hall–Kier alpha value is -0.970. The largest absolute Gasteiger partial charge is 0.347 e. The lowest BCUT2D eigenvalue weighted by Crippen LogP contribution is -2.35. The minimum absolute atomic E-state index is 0.516. The molecule has 0 spiro atoms. The third-order valence-electron chi connectivity index (χ3n) is 2.54. The molecule has 2 rings (SSSR count). The van der Waals surface area contributed by atoms with E-state index in [9.17, 15) is 0 Å². The van der Waals surface area contributed by atoms with Crippen LogP contribution in [0.4, 0.5) is 0 Å². The minimum atomic E-state index is -0.516. The molecule has 82 valence electrons. The van der Waals surface area contributed by atoms with Crippen LogP contribution in [-0.4, -0.2) is 30.5 Å². The first-order chi connectivity index (χ1) is 7.35. The Labute approximate surface area is 89.4 Å². The molecule has 0 saturated carbocycles. The maximum atomic E-state index is 5.65. The van der Waals surface area contributed by atoms with Gasteiger partial charge >= 0.3 is 0 Å². The van der Waals surface area contributed by atoms with Crippen LogP contribution in [0.2, 0.25) is 0 Å². The number of pyridine rings is 1. The molecule has 1 saturated heterocycles. The molecule has 2 N–H and O–H groups in total. The van der Waals surface area contributed by atoms with Gasteiger partial charge in [0.2, 0.25) is 0 Å². The van der Waals surface area contributed by atoms with Gasteiger partial charge in [-0.15, -0.1) is 0 Å². The molecule has 1 aromatic rings. The minimum Gasteiger partial charge on any atom is -0.347 e. The van der Waals surface area contributed by atoms with Gasteiger partial charge in [0.1, 0.15) is 0 Å². The van der Waals surface area contributed by atoms with Crippen molar-refractivity contribution in [2.24, 2.45) is 5.73 Å². The van der Waals surface area contributed by atoms with Crippen molar-refractivity contribution in [3.63, 3.8) is 0 Å². The number of nitrogens with two attached hydrogens (primary N) is 1. The zero-order valence-corrected chi connectivity index (χ0v) is 8.69. The molecular formula is C11H16N2O2. The zero-order chi connectivity index (χ0) is 10.6. The summed E-state index contributed by atoms with van der Waals surface area (Å²) >= 11 is 0. The second-order valence-electron chi connectivity index (χ2n) is 3.68. The van der Waals surface area contributed by atoms with Crippen molar-refractivity contribution < 1.29 is 9.47 Å². The first kappa shape index (κ1) is 10.5. The number of ether oxygens (including phenoxy) is 2. The van der Waals surface area contributed by atoms with Crippen molar-refractivity contribution >= 4 is 0 Å². The Kier molecular flexibility index (Phi) is 3.30. The summed E-state index contributed by atoms with van der Waals surface area (Å²) in [5.41, 5.74) is 6.69. The van der Waals surface area contributed by atoms with Crippen LogP contribution >= 0.6 is 0 Å². The fourth-order valence-corrected chi connectivity index (χ4v) is 1.87. The van der Waals surface area contributed by atoms with Crippen LogP contribution in [0.3, 0.4) is 0 Å². The van der Waals surface area contributed by atoms with Gasteiger partial charge in [-0.2, -0.15) is 0 Å². The summed E-state index contributed by atoms with van der Waals surface area (Å²) in [4.78, 5) is 4.08. The predicted octanol–water partition coefficient (Wildman–Crippen LogP) is 0.716. The Bertz CT molecular complexity index is 297. The SMILES string of the molecule is NCCC1(Cc2cccnc2)OCCO1. The van der Waals surface area contributed by atoms with E-state index in [4.69, 9.17) is 15.2 Å². The van der Waals surface area contributed by atoms with Crippen LogP contribution < -0.4 is 5.73 Å². The Morgan fingerprint density at radius 2 is 2.20 bits per heavy atom. The van der Waals surface area contributed by atoms with E-state index in [1.54, 1.807) is 6.20 Å². The molecule has 15 heavy (non-hydrogen) atoms. The van der Waals surface area contributed by atoms with E-state index in [-0.39, 0.29) is 0 Å². The lowest BCUT2D eigenvalue weighted by atomic mass is 10.0. The summed E-state index contributed by atoms with van der Waals surface area (Å²) in [6.45, 7) is 1.88. The van der Waals surface area contributed by atoms with Gasteiger partial charge in [0.15, 0.2) is 5.79 Å². The van der Waals surface area contributed by atoms with Crippen molar-refractivity contribution in [3.8, 4) is 0 Å². The Morgan fingerprint density at radius 3 is 2.80 bits per heavy atom. The van der Waals surface area contributed by atoms with Crippen LogP contribution in [0.15, 0.2) is 24.5 Å². The Morgan fingerprint density at radius 1 is 1.40 bits per heavy atom. The van der Waals surface area contributed by atoms with Crippen LogP contribution in [-0.2, 0) is 15.9 Å². The molecule has 0 bridgehead atoms. The maximum absolute atomic E-state index is 5.65. The van der Waals surface area contributed by atoms with E-state index < -0.39 is 5.79 Å². The van der Waals surface area contributed by atoms with Crippen LogP contribution in [0.5, 0.6) is 0 Å². The van der Waals surface area contributed by atoms with Gasteiger partial charge in [-0.25, -0.2) is 0 Å². The highest BCUT2D eigenvalue weighted by Crippen LogP contribution is 2.27. The van der Waals surface area contributed by atoms with E-state index in [0.717, 1.165) is 18.4 Å². The van der Waals surface area contributed by atoms with Gasteiger partial charge in [-0.3, -0.25) is 4.98 Å². The maximum Gasteiger partial charge on any atom is 0.173 e. The molecule has 0 radical (unpaired) electrons. The molecule has 1 fully saturated rings. The second kappa shape index (κ2) is 4.70. The number of hydrogen-bond donors (Lipinski definition) is 1. The van der Waals surface area contributed by atoms with Gasteiger partial charge in [-0.1, -0.05) is 6.07 Å². The molecule has 1 aromatic heterocycles. The van der Waals surface area contributed by atoms with Crippen LogP contribution in [0.1, 0.15) is 12.0 Å². The third kappa shape index (κ3) is 2.53. The summed E-state index contributed by atoms with van der Waals surface area (Å²) in [6.07, 6.45) is 5.04. The summed E-state index contributed by atoms with van der Waals surface area (Å²) in [7, 11) is 0. The molecule has 0 atom stereocenters. The van der Waals surface area contributed by atoms with E-state index in [0.29, 0.717) is 19.8 Å². The average Bonchev–Trinajstić information content (AvgIpc) is 2.69. The highest BCUT2D eigenvalue weighted by atomic mass is 16.7. The van der Waals surface area contributed by atoms with Crippen molar-refractivity contribution in [1.29, 1.82) is 0 Å². The topological polar surface area (TPSA) is 57.4 Å². The molecule has 0 aromatic carbocycles. The lowest BCUT2D eigenvalue weighted by molar-refractivity contribution is -0.159. The molecule has 0 unspecified atom stereocenters. The monoisotopic (exact) mass is 208 g/mol. The molecule has 4 heteroatoms. The highest BCUT2D eigenvalue weighted by Gasteiger charge is 2.35. The molecule has 4 nitrogen and oxygen atoms in total. The summed E-state index contributed by atoms with van der Waals surface area (Å²) < 4.78 is 11.3. The second-order valence-corrected chi connectivity index (χ2v) is 3.68. The fraction of sp³-hybridized carbons (Fsp3) is 0.545. The summed E-state index contributed by atoms with van der Waals surface area (Å²) in [5.74, 6) is -0.516. The third-order valence-corrected chi connectivity index (χ3v) is 2.54. The van der Waals surface area contributed by atoms with Crippen molar-refractivity contribution in [2.75, 3.05) is 19.8 Å². The van der Waals surface area contributed by atoms with Crippen LogP contribution in [0.25, 0.3) is 0 Å². The highest BCUT2D eigenvalue weighted by molar-refractivity contribution is 5.11. The van der Waals surface area contributed by atoms with Gasteiger partial charge in [-0.05, 0) is 18.2 Å². The first-order valence-electron chi connectivity index (χ1n) is 5.21. The molecule has 0 aliphatic carbocycles. The van der Waals surface area contributed by atoms with Crippen LogP contribution in [0, 0.1) is 0 Å². The summed E-state index contributed by atoms with van der Waals surface area (Å²) in [5, 5.41) is 0. The van der Waals surface area contributed by atoms with Gasteiger partial charge in [0.25, 0.3) is 0 Å². The zero-order valence-electron chi connectivity index (χ0n) is 8.69. The van der Waals surface area contributed by atoms with Gasteiger partial charge in [0, 0.05) is 25.2 Å². The summed E-state index contributed by atoms with van der Waals surface area (Å²) in [6, 6.07) is 3.94. The molecule has 2 heterocycles. The average molecular weight is 208 g/mol. The van der Waals surface area contributed by atoms with E-state index in [1.165, 1.54) is 0 Å². The lowest BCUT2D eigenvalue weighted by Gasteiger charge is -2.26. The van der Waals surface area contributed by atoms with Gasteiger partial charge < -0.3 is 15.2 Å². The molecule has 1 aliphatic rings. The molecule has 1 aliphatic heterocycles. The normalized spacial score (nSPS) is 19.3. The smallest absolute Gasteiger partial charge is 0.173 e.